The van der Waals surface area contributed by atoms with Crippen LogP contribution in [0.1, 0.15) is 26.7 Å². The molecule has 0 atom stereocenters. The number of likely N-dealkylation sites (N-methyl/N-ethyl adjacent to an activating group) is 1. The molecular weight excluding hydrogens is 234 g/mol. The van der Waals surface area contributed by atoms with Gasteiger partial charge in [-0.15, -0.1) is 0 Å². The van der Waals surface area contributed by atoms with Crippen molar-refractivity contribution in [2.24, 2.45) is 11.7 Å². The molecule has 0 aliphatic carbocycles. The van der Waals surface area contributed by atoms with Crippen LogP contribution >= 0.6 is 12.2 Å². The van der Waals surface area contributed by atoms with Gasteiger partial charge in [0.15, 0.2) is 0 Å². The van der Waals surface area contributed by atoms with Crippen LogP contribution in [0.5, 0.6) is 0 Å². The second kappa shape index (κ2) is 6.91. The molecule has 0 spiro atoms. The average Bonchev–Trinajstić information content (AvgIpc) is 2.31. The minimum Gasteiger partial charge on any atom is -0.393 e. The van der Waals surface area contributed by atoms with Crippen LogP contribution < -0.4 is 5.73 Å². The summed E-state index contributed by atoms with van der Waals surface area (Å²) in [6, 6.07) is 0. The summed E-state index contributed by atoms with van der Waals surface area (Å²) in [5.41, 5.74) is 5.64. The molecule has 4 nitrogen and oxygen atoms in total. The Labute approximate surface area is 109 Å². The van der Waals surface area contributed by atoms with Gasteiger partial charge in [-0.1, -0.05) is 12.2 Å². The monoisotopic (exact) mass is 257 g/mol. The van der Waals surface area contributed by atoms with Gasteiger partial charge >= 0.3 is 0 Å². The van der Waals surface area contributed by atoms with E-state index in [9.17, 15) is 4.79 Å². The van der Waals surface area contributed by atoms with Gasteiger partial charge in [-0.3, -0.25) is 9.69 Å². The van der Waals surface area contributed by atoms with Crippen molar-refractivity contribution in [2.45, 2.75) is 26.7 Å². The van der Waals surface area contributed by atoms with Gasteiger partial charge in [0.1, 0.15) is 0 Å². The number of carbonyl (C=O) groups is 1. The molecule has 0 aromatic rings. The first kappa shape index (κ1) is 14.4. The number of hydrogen-bond acceptors (Lipinski definition) is 3. The third kappa shape index (κ3) is 4.24. The first-order valence-electron chi connectivity index (χ1n) is 6.37. The third-order valence-electron chi connectivity index (χ3n) is 3.46. The van der Waals surface area contributed by atoms with E-state index in [0.29, 0.717) is 17.5 Å². The van der Waals surface area contributed by atoms with Crippen LogP contribution in [0.2, 0.25) is 0 Å². The average molecular weight is 257 g/mol. The summed E-state index contributed by atoms with van der Waals surface area (Å²) >= 11 is 5.01. The van der Waals surface area contributed by atoms with Crippen molar-refractivity contribution in [3.63, 3.8) is 0 Å². The Morgan fingerprint density at radius 3 is 2.29 bits per heavy atom. The van der Waals surface area contributed by atoms with Gasteiger partial charge in [0, 0.05) is 19.0 Å². The molecule has 0 bridgehead atoms. The van der Waals surface area contributed by atoms with Crippen molar-refractivity contribution >= 4 is 23.1 Å². The molecule has 17 heavy (non-hydrogen) atoms. The van der Waals surface area contributed by atoms with Gasteiger partial charge in [-0.25, -0.2) is 0 Å². The Hall–Kier alpha value is -0.680. The molecule has 1 saturated heterocycles. The van der Waals surface area contributed by atoms with E-state index in [1.165, 1.54) is 0 Å². The molecule has 0 aromatic heterocycles. The predicted octanol–water partition coefficient (Wildman–Crippen LogP) is 0.853. The zero-order valence-corrected chi connectivity index (χ0v) is 11.6. The number of carbonyl (C=O) groups excluding carboxylic acids is 1. The van der Waals surface area contributed by atoms with Crippen molar-refractivity contribution in [3.05, 3.63) is 0 Å². The highest BCUT2D eigenvalue weighted by atomic mass is 32.1. The van der Waals surface area contributed by atoms with Crippen LogP contribution in [0, 0.1) is 5.92 Å². The zero-order chi connectivity index (χ0) is 12.8. The second-order valence-electron chi connectivity index (χ2n) is 4.52. The van der Waals surface area contributed by atoms with Crippen LogP contribution in [-0.2, 0) is 4.79 Å². The Morgan fingerprint density at radius 2 is 1.88 bits per heavy atom. The number of hydrogen-bond donors (Lipinski definition) is 1. The Balaban J connectivity index is 2.35. The molecule has 0 saturated carbocycles. The molecule has 1 rings (SSSR count). The lowest BCUT2D eigenvalue weighted by atomic mass is 9.97. The fourth-order valence-electron chi connectivity index (χ4n) is 2.24. The zero-order valence-electron chi connectivity index (χ0n) is 10.8. The third-order valence-corrected chi connectivity index (χ3v) is 3.80. The predicted molar refractivity (Wildman–Crippen MR) is 73.9 cm³/mol. The molecular formula is C12H23N3OS. The van der Waals surface area contributed by atoms with Gasteiger partial charge in [0.2, 0.25) is 5.91 Å². The molecule has 98 valence electrons. The standard InChI is InChI=1S/C12H23N3OS/c1-3-15(4-2)11(16)9-14-7-5-10(6-8-14)12(13)17/h10H,3-9H2,1-2H3,(H2,13,17). The summed E-state index contributed by atoms with van der Waals surface area (Å²) in [5, 5.41) is 0. The smallest absolute Gasteiger partial charge is 0.236 e. The maximum absolute atomic E-state index is 11.9. The first-order chi connectivity index (χ1) is 8.08. The van der Waals surface area contributed by atoms with Crippen LogP contribution in [0.15, 0.2) is 0 Å². The van der Waals surface area contributed by atoms with Crippen LogP contribution in [0.4, 0.5) is 0 Å². The Kier molecular flexibility index (Phi) is 5.85. The van der Waals surface area contributed by atoms with E-state index in [1.54, 1.807) is 0 Å². The van der Waals surface area contributed by atoms with Gasteiger partial charge in [0.25, 0.3) is 0 Å². The number of rotatable bonds is 5. The first-order valence-corrected chi connectivity index (χ1v) is 6.78. The van der Waals surface area contributed by atoms with E-state index in [4.69, 9.17) is 18.0 Å². The Bertz CT molecular complexity index is 271. The summed E-state index contributed by atoms with van der Waals surface area (Å²) in [6.07, 6.45) is 1.97. The number of likely N-dealkylation sites (tertiary alicyclic amines) is 1. The topological polar surface area (TPSA) is 49.6 Å². The fourth-order valence-corrected chi connectivity index (χ4v) is 2.48. The normalized spacial score (nSPS) is 18.0. The van der Waals surface area contributed by atoms with Crippen LogP contribution in [-0.4, -0.2) is 53.4 Å². The molecule has 0 unspecified atom stereocenters. The lowest BCUT2D eigenvalue weighted by molar-refractivity contribution is -0.132. The van der Waals surface area contributed by atoms with Crippen molar-refractivity contribution in [3.8, 4) is 0 Å². The molecule has 5 heteroatoms. The van der Waals surface area contributed by atoms with Gasteiger partial charge in [-0.05, 0) is 39.8 Å². The molecule has 0 radical (unpaired) electrons. The number of amides is 1. The molecule has 1 heterocycles. The van der Waals surface area contributed by atoms with E-state index >= 15 is 0 Å². The summed E-state index contributed by atoms with van der Waals surface area (Å²) in [6.45, 7) is 7.99. The summed E-state index contributed by atoms with van der Waals surface area (Å²) in [7, 11) is 0. The molecule has 0 aromatic carbocycles. The lowest BCUT2D eigenvalue weighted by Crippen LogP contribution is -2.44. The highest BCUT2D eigenvalue weighted by Crippen LogP contribution is 2.17. The second-order valence-corrected chi connectivity index (χ2v) is 4.99. The van der Waals surface area contributed by atoms with Gasteiger partial charge in [-0.2, -0.15) is 0 Å². The van der Waals surface area contributed by atoms with E-state index < -0.39 is 0 Å². The number of piperidine rings is 1. The molecule has 1 amide bonds. The summed E-state index contributed by atoms with van der Waals surface area (Å²) in [4.78, 5) is 16.6. The van der Waals surface area contributed by atoms with Crippen molar-refractivity contribution < 1.29 is 4.79 Å². The Morgan fingerprint density at radius 1 is 1.35 bits per heavy atom. The highest BCUT2D eigenvalue weighted by Gasteiger charge is 2.23. The maximum Gasteiger partial charge on any atom is 0.236 e. The lowest BCUT2D eigenvalue weighted by Gasteiger charge is -2.32. The highest BCUT2D eigenvalue weighted by molar-refractivity contribution is 7.80. The van der Waals surface area contributed by atoms with Crippen molar-refractivity contribution in [1.29, 1.82) is 0 Å². The van der Waals surface area contributed by atoms with Crippen LogP contribution in [0.3, 0.4) is 0 Å². The summed E-state index contributed by atoms with van der Waals surface area (Å²) < 4.78 is 0. The van der Waals surface area contributed by atoms with E-state index in [2.05, 4.69) is 4.90 Å². The minimum atomic E-state index is 0.226. The van der Waals surface area contributed by atoms with Gasteiger partial charge < -0.3 is 10.6 Å². The number of nitrogens with zero attached hydrogens (tertiary/aromatic N) is 2. The molecule has 1 fully saturated rings. The van der Waals surface area contributed by atoms with E-state index in [-0.39, 0.29) is 5.91 Å². The van der Waals surface area contributed by atoms with E-state index in [0.717, 1.165) is 39.0 Å². The number of thiocarbonyl (C=S) groups is 1. The van der Waals surface area contributed by atoms with Crippen LogP contribution in [0.25, 0.3) is 0 Å². The maximum atomic E-state index is 11.9. The molecule has 2 N–H and O–H groups in total. The van der Waals surface area contributed by atoms with Crippen molar-refractivity contribution in [1.82, 2.24) is 9.80 Å². The quantitative estimate of drug-likeness (QED) is 0.742. The SMILES string of the molecule is CCN(CC)C(=O)CN1CCC(C(N)=S)CC1. The fraction of sp³-hybridized carbons (Fsp3) is 0.833. The summed E-state index contributed by atoms with van der Waals surface area (Å²) in [5.74, 6) is 0.591. The molecule has 1 aliphatic rings. The number of nitrogens with two attached hydrogens (primary N) is 1. The largest absolute Gasteiger partial charge is 0.393 e. The van der Waals surface area contributed by atoms with E-state index in [1.807, 2.05) is 18.7 Å². The van der Waals surface area contributed by atoms with Crippen molar-refractivity contribution in [2.75, 3.05) is 32.7 Å². The minimum absolute atomic E-state index is 0.226. The molecule has 1 aliphatic heterocycles. The van der Waals surface area contributed by atoms with Gasteiger partial charge in [0.05, 0.1) is 11.5 Å².